The van der Waals surface area contributed by atoms with Gasteiger partial charge in [0.1, 0.15) is 30.3 Å². The largest absolute Gasteiger partial charge is 0.497 e. The van der Waals surface area contributed by atoms with Crippen molar-refractivity contribution in [1.29, 1.82) is 0 Å². The van der Waals surface area contributed by atoms with Gasteiger partial charge in [-0.25, -0.2) is 9.59 Å². The molecule has 0 saturated carbocycles. The van der Waals surface area contributed by atoms with Crippen molar-refractivity contribution in [1.82, 2.24) is 0 Å². The van der Waals surface area contributed by atoms with E-state index in [9.17, 15) is 14.7 Å². The van der Waals surface area contributed by atoms with Crippen LogP contribution >= 0.6 is 0 Å². The lowest BCUT2D eigenvalue weighted by atomic mass is 9.98. The Morgan fingerprint density at radius 3 is 1.88 bits per heavy atom. The zero-order chi connectivity index (χ0) is 30.0. The summed E-state index contributed by atoms with van der Waals surface area (Å²) in [4.78, 5) is 26.5. The number of aliphatic hydroxyl groups excluding tert-OH is 1. The summed E-state index contributed by atoms with van der Waals surface area (Å²) in [6.45, 7) is 0.0290. The van der Waals surface area contributed by atoms with Crippen molar-refractivity contribution in [2.24, 2.45) is 0 Å². The van der Waals surface area contributed by atoms with E-state index in [-0.39, 0.29) is 18.8 Å². The molecule has 0 amide bonds. The summed E-state index contributed by atoms with van der Waals surface area (Å²) < 4.78 is 34.9. The number of rotatable bonds is 11. The molecular formula is C34H32O9. The summed E-state index contributed by atoms with van der Waals surface area (Å²) in [6.07, 6.45) is -6.90. The van der Waals surface area contributed by atoms with E-state index >= 15 is 0 Å². The Bertz CT molecular complexity index is 1450. The first-order valence-corrected chi connectivity index (χ1v) is 13.8. The molecule has 0 aromatic heterocycles. The summed E-state index contributed by atoms with van der Waals surface area (Å²) in [6, 6.07) is 33.5. The minimum atomic E-state index is -1.56. The van der Waals surface area contributed by atoms with Crippen LogP contribution < -0.4 is 9.47 Å². The van der Waals surface area contributed by atoms with Gasteiger partial charge >= 0.3 is 11.9 Å². The second kappa shape index (κ2) is 14.5. The molecule has 4 aromatic carbocycles. The molecule has 0 aliphatic carbocycles. The first-order valence-electron chi connectivity index (χ1n) is 13.8. The maximum Gasteiger partial charge on any atom is 0.338 e. The SMILES string of the molecule is COc1ccc(O[C@@H]2O[C@H](C(=O)OCc3ccccc3)[C@@H](O)[C@H](OCc3ccccc3)[C@H]2OC(=O)c2ccccc2)cc1. The lowest BCUT2D eigenvalue weighted by Gasteiger charge is -2.42. The molecule has 1 fully saturated rings. The third-order valence-corrected chi connectivity index (χ3v) is 6.83. The summed E-state index contributed by atoms with van der Waals surface area (Å²) in [7, 11) is 1.54. The van der Waals surface area contributed by atoms with Gasteiger partial charge in [-0.3, -0.25) is 0 Å². The minimum absolute atomic E-state index is 0.0295. The molecule has 1 aliphatic rings. The highest BCUT2D eigenvalue weighted by Crippen LogP contribution is 2.31. The van der Waals surface area contributed by atoms with Gasteiger partial charge in [-0.05, 0) is 47.5 Å². The third-order valence-electron chi connectivity index (χ3n) is 6.83. The second-order valence-corrected chi connectivity index (χ2v) is 9.80. The van der Waals surface area contributed by atoms with Gasteiger partial charge in [0.2, 0.25) is 6.29 Å². The average molecular weight is 585 g/mol. The summed E-state index contributed by atoms with van der Waals surface area (Å²) in [5, 5.41) is 11.5. The topological polar surface area (TPSA) is 110 Å². The fourth-order valence-electron chi connectivity index (χ4n) is 4.56. The first-order chi connectivity index (χ1) is 21.0. The van der Waals surface area contributed by atoms with Gasteiger partial charge < -0.3 is 33.5 Å². The lowest BCUT2D eigenvalue weighted by Crippen LogP contribution is -2.63. The summed E-state index contributed by atoms with van der Waals surface area (Å²) in [5.41, 5.74) is 1.86. The number of hydrogen-bond acceptors (Lipinski definition) is 9. The van der Waals surface area contributed by atoms with E-state index in [0.717, 1.165) is 11.1 Å². The Kier molecular flexibility index (Phi) is 10.0. The highest BCUT2D eigenvalue weighted by Gasteiger charge is 2.52. The molecule has 0 radical (unpaired) electrons. The van der Waals surface area contributed by atoms with Crippen molar-refractivity contribution in [3.05, 3.63) is 132 Å². The van der Waals surface area contributed by atoms with Gasteiger partial charge in [-0.2, -0.15) is 0 Å². The monoisotopic (exact) mass is 584 g/mol. The van der Waals surface area contributed by atoms with Crippen molar-refractivity contribution in [2.75, 3.05) is 7.11 Å². The molecule has 1 aliphatic heterocycles. The molecule has 0 spiro atoms. The number of ether oxygens (including phenoxy) is 6. The van der Waals surface area contributed by atoms with Gasteiger partial charge in [0.15, 0.2) is 12.2 Å². The van der Waals surface area contributed by atoms with Crippen LogP contribution in [0.1, 0.15) is 21.5 Å². The lowest BCUT2D eigenvalue weighted by molar-refractivity contribution is -0.281. The molecule has 5 atom stereocenters. The fraction of sp³-hybridized carbons (Fsp3) is 0.235. The smallest absolute Gasteiger partial charge is 0.338 e. The number of carbonyl (C=O) groups excluding carboxylic acids is 2. The third kappa shape index (κ3) is 7.78. The minimum Gasteiger partial charge on any atom is -0.497 e. The number of carbonyl (C=O) groups is 2. The summed E-state index contributed by atoms with van der Waals surface area (Å²) >= 11 is 0. The maximum atomic E-state index is 13.3. The number of methoxy groups -OCH3 is 1. The second-order valence-electron chi connectivity index (χ2n) is 9.80. The molecule has 1 heterocycles. The van der Waals surface area contributed by atoms with Crippen LogP contribution in [-0.2, 0) is 37.0 Å². The molecular weight excluding hydrogens is 552 g/mol. The van der Waals surface area contributed by atoms with Crippen LogP contribution in [-0.4, -0.2) is 54.9 Å². The highest BCUT2D eigenvalue weighted by atomic mass is 16.7. The molecule has 43 heavy (non-hydrogen) atoms. The molecule has 1 saturated heterocycles. The fourth-order valence-corrected chi connectivity index (χ4v) is 4.56. The van der Waals surface area contributed by atoms with Crippen LogP contribution in [0.2, 0.25) is 0 Å². The average Bonchev–Trinajstić information content (AvgIpc) is 3.06. The van der Waals surface area contributed by atoms with Gasteiger partial charge in [-0.15, -0.1) is 0 Å². The van der Waals surface area contributed by atoms with E-state index in [4.69, 9.17) is 28.4 Å². The van der Waals surface area contributed by atoms with E-state index in [1.165, 1.54) is 0 Å². The number of hydrogen-bond donors (Lipinski definition) is 1. The Morgan fingerprint density at radius 2 is 1.28 bits per heavy atom. The van der Waals surface area contributed by atoms with E-state index in [0.29, 0.717) is 11.5 Å². The Balaban J connectivity index is 1.44. The first kappa shape index (κ1) is 29.8. The predicted octanol–water partition coefficient (Wildman–Crippen LogP) is 4.71. The zero-order valence-corrected chi connectivity index (χ0v) is 23.5. The van der Waals surface area contributed by atoms with Gasteiger partial charge in [-0.1, -0.05) is 78.9 Å². The molecule has 0 unspecified atom stereocenters. The number of aliphatic hydroxyl groups is 1. The van der Waals surface area contributed by atoms with E-state index in [2.05, 4.69) is 0 Å². The Labute approximate surface area is 249 Å². The molecule has 4 aromatic rings. The quantitative estimate of drug-likeness (QED) is 0.251. The van der Waals surface area contributed by atoms with Gasteiger partial charge in [0.25, 0.3) is 0 Å². The van der Waals surface area contributed by atoms with Crippen LogP contribution in [0.4, 0.5) is 0 Å². The molecule has 0 bridgehead atoms. The Hall–Kier alpha value is -4.70. The van der Waals surface area contributed by atoms with Crippen molar-refractivity contribution < 1.29 is 43.1 Å². The van der Waals surface area contributed by atoms with Crippen LogP contribution in [0, 0.1) is 0 Å². The molecule has 222 valence electrons. The van der Waals surface area contributed by atoms with Crippen molar-refractivity contribution in [3.8, 4) is 11.5 Å². The summed E-state index contributed by atoms with van der Waals surface area (Å²) in [5.74, 6) is -0.545. The van der Waals surface area contributed by atoms with Crippen LogP contribution in [0.15, 0.2) is 115 Å². The van der Waals surface area contributed by atoms with Crippen molar-refractivity contribution in [3.63, 3.8) is 0 Å². The molecule has 1 N–H and O–H groups in total. The van der Waals surface area contributed by atoms with E-state index in [1.54, 1.807) is 61.7 Å². The maximum absolute atomic E-state index is 13.3. The van der Waals surface area contributed by atoms with Crippen molar-refractivity contribution in [2.45, 2.75) is 43.9 Å². The van der Waals surface area contributed by atoms with Crippen molar-refractivity contribution >= 4 is 11.9 Å². The van der Waals surface area contributed by atoms with Gasteiger partial charge in [0.05, 0.1) is 19.3 Å². The normalized spacial score (nSPS) is 21.4. The number of benzene rings is 4. The van der Waals surface area contributed by atoms with Gasteiger partial charge in [0, 0.05) is 0 Å². The van der Waals surface area contributed by atoms with Crippen LogP contribution in [0.25, 0.3) is 0 Å². The number of esters is 2. The zero-order valence-electron chi connectivity index (χ0n) is 23.5. The molecule has 5 rings (SSSR count). The predicted molar refractivity (Wildman–Crippen MR) is 155 cm³/mol. The van der Waals surface area contributed by atoms with Crippen LogP contribution in [0.5, 0.6) is 11.5 Å². The highest BCUT2D eigenvalue weighted by molar-refractivity contribution is 5.89. The van der Waals surface area contributed by atoms with E-state index < -0.39 is 42.6 Å². The standard InChI is InChI=1S/C34H32O9/c1-38-26-17-19-27(20-18-26)41-34-31(42-32(36)25-15-9-4-10-16-25)29(39-21-23-11-5-2-6-12-23)28(35)30(43-34)33(37)40-22-24-13-7-3-8-14-24/h2-20,28-31,34-35H,21-22H2,1H3/t28-,29-,30-,31+,34+/m0/s1. The Morgan fingerprint density at radius 1 is 0.721 bits per heavy atom. The molecule has 9 heteroatoms. The van der Waals surface area contributed by atoms with E-state index in [1.807, 2.05) is 60.7 Å². The molecule has 9 nitrogen and oxygen atoms in total. The van der Waals surface area contributed by atoms with Crippen LogP contribution in [0.3, 0.4) is 0 Å².